The van der Waals surface area contributed by atoms with Crippen molar-refractivity contribution in [2.75, 3.05) is 13.1 Å². The van der Waals surface area contributed by atoms with Gasteiger partial charge in [-0.15, -0.1) is 5.10 Å². The lowest BCUT2D eigenvalue weighted by Crippen LogP contribution is -2.26. The molecule has 8 nitrogen and oxygen atoms in total. The van der Waals surface area contributed by atoms with Crippen LogP contribution in [0.5, 0.6) is 0 Å². The minimum Gasteiger partial charge on any atom is -0.356 e. The maximum atomic E-state index is 11.2. The SMILES string of the molecule is [N-]=[N+]=NCCNC(=O)CCn1ccnn1. The van der Waals surface area contributed by atoms with Crippen LogP contribution < -0.4 is 5.32 Å². The smallest absolute Gasteiger partial charge is 0.221 e. The monoisotopic (exact) mass is 209 g/mol. The molecule has 1 N–H and O–H groups in total. The summed E-state index contributed by atoms with van der Waals surface area (Å²) in [5.74, 6) is -0.0985. The second-order valence-corrected chi connectivity index (χ2v) is 2.72. The molecule has 1 amide bonds. The van der Waals surface area contributed by atoms with Crippen molar-refractivity contribution in [1.29, 1.82) is 0 Å². The molecule has 0 aliphatic carbocycles. The molecule has 1 aromatic rings. The van der Waals surface area contributed by atoms with Gasteiger partial charge in [0.1, 0.15) is 0 Å². The van der Waals surface area contributed by atoms with Gasteiger partial charge in [-0.05, 0) is 5.53 Å². The molecule has 0 spiro atoms. The topological polar surface area (TPSA) is 109 Å². The van der Waals surface area contributed by atoms with Gasteiger partial charge in [-0.2, -0.15) is 0 Å². The van der Waals surface area contributed by atoms with E-state index in [-0.39, 0.29) is 12.5 Å². The van der Waals surface area contributed by atoms with E-state index >= 15 is 0 Å². The van der Waals surface area contributed by atoms with Gasteiger partial charge in [-0.25, -0.2) is 0 Å². The van der Waals surface area contributed by atoms with Crippen LogP contribution in [0.1, 0.15) is 6.42 Å². The van der Waals surface area contributed by atoms with Crippen molar-refractivity contribution in [3.63, 3.8) is 0 Å². The van der Waals surface area contributed by atoms with E-state index < -0.39 is 0 Å². The quantitative estimate of drug-likeness (QED) is 0.310. The highest BCUT2D eigenvalue weighted by Crippen LogP contribution is 1.87. The van der Waals surface area contributed by atoms with Crippen molar-refractivity contribution < 1.29 is 4.79 Å². The van der Waals surface area contributed by atoms with Crippen molar-refractivity contribution in [3.05, 3.63) is 22.8 Å². The first-order valence-electron chi connectivity index (χ1n) is 4.44. The van der Waals surface area contributed by atoms with Gasteiger partial charge < -0.3 is 5.32 Å². The van der Waals surface area contributed by atoms with E-state index in [9.17, 15) is 4.79 Å². The third-order valence-electron chi connectivity index (χ3n) is 1.64. The van der Waals surface area contributed by atoms with E-state index in [0.29, 0.717) is 19.5 Å². The van der Waals surface area contributed by atoms with Crippen LogP contribution in [-0.4, -0.2) is 34.0 Å². The van der Waals surface area contributed by atoms with E-state index in [1.807, 2.05) is 0 Å². The minimum atomic E-state index is -0.0985. The first-order valence-corrected chi connectivity index (χ1v) is 4.44. The van der Waals surface area contributed by atoms with E-state index in [1.54, 1.807) is 17.1 Å². The van der Waals surface area contributed by atoms with Gasteiger partial charge >= 0.3 is 0 Å². The molecule has 0 unspecified atom stereocenters. The Kier molecular flexibility index (Phi) is 4.68. The Morgan fingerprint density at radius 2 is 2.53 bits per heavy atom. The number of carbonyl (C=O) groups excluding carboxylic acids is 1. The van der Waals surface area contributed by atoms with Gasteiger partial charge in [-0.1, -0.05) is 10.3 Å². The molecular weight excluding hydrogens is 198 g/mol. The molecule has 0 aromatic carbocycles. The second kappa shape index (κ2) is 6.39. The zero-order valence-corrected chi connectivity index (χ0v) is 8.07. The highest BCUT2D eigenvalue weighted by atomic mass is 16.1. The summed E-state index contributed by atoms with van der Waals surface area (Å²) < 4.78 is 1.58. The number of amides is 1. The molecule has 0 saturated heterocycles. The molecule has 0 bridgehead atoms. The molecule has 0 atom stereocenters. The van der Waals surface area contributed by atoms with Gasteiger partial charge in [0.2, 0.25) is 5.91 Å². The molecule has 0 saturated carbocycles. The van der Waals surface area contributed by atoms with Crippen LogP contribution in [0.3, 0.4) is 0 Å². The normalized spacial score (nSPS) is 9.33. The predicted molar refractivity (Wildman–Crippen MR) is 51.7 cm³/mol. The molecule has 0 aliphatic heterocycles. The Hall–Kier alpha value is -2.08. The summed E-state index contributed by atoms with van der Waals surface area (Å²) in [7, 11) is 0. The van der Waals surface area contributed by atoms with Crippen molar-refractivity contribution in [2.45, 2.75) is 13.0 Å². The summed E-state index contributed by atoms with van der Waals surface area (Å²) in [6.07, 6.45) is 3.58. The molecule has 0 aliphatic rings. The Bertz CT molecular complexity index is 340. The third-order valence-corrected chi connectivity index (χ3v) is 1.64. The van der Waals surface area contributed by atoms with Gasteiger partial charge in [0.15, 0.2) is 0 Å². The fourth-order valence-corrected chi connectivity index (χ4v) is 0.947. The fourth-order valence-electron chi connectivity index (χ4n) is 0.947. The maximum Gasteiger partial charge on any atom is 0.221 e. The summed E-state index contributed by atoms with van der Waals surface area (Å²) >= 11 is 0. The zero-order chi connectivity index (χ0) is 10.9. The van der Waals surface area contributed by atoms with E-state index in [2.05, 4.69) is 25.7 Å². The van der Waals surface area contributed by atoms with Crippen LogP contribution in [0.25, 0.3) is 10.4 Å². The molecule has 80 valence electrons. The summed E-state index contributed by atoms with van der Waals surface area (Å²) in [6.45, 7) is 1.12. The Balaban J connectivity index is 2.11. The highest BCUT2D eigenvalue weighted by molar-refractivity contribution is 5.75. The third kappa shape index (κ3) is 4.63. The van der Waals surface area contributed by atoms with Gasteiger partial charge in [-0.3, -0.25) is 9.48 Å². The predicted octanol–water partition coefficient (Wildman–Crippen LogP) is 0.0947. The number of hydrogen-bond acceptors (Lipinski definition) is 4. The molecule has 1 heterocycles. The summed E-state index contributed by atoms with van der Waals surface area (Å²) in [5, 5.41) is 13.2. The van der Waals surface area contributed by atoms with Gasteiger partial charge in [0.25, 0.3) is 0 Å². The molecule has 1 aromatic heterocycles. The number of rotatable bonds is 6. The van der Waals surface area contributed by atoms with Crippen LogP contribution >= 0.6 is 0 Å². The number of nitrogens with zero attached hydrogens (tertiary/aromatic N) is 6. The van der Waals surface area contributed by atoms with Crippen LogP contribution in [0, 0.1) is 0 Å². The average Bonchev–Trinajstić information content (AvgIpc) is 2.74. The average molecular weight is 209 g/mol. The Morgan fingerprint density at radius 3 is 3.20 bits per heavy atom. The van der Waals surface area contributed by atoms with E-state index in [0.717, 1.165) is 0 Å². The number of carbonyl (C=O) groups is 1. The minimum absolute atomic E-state index is 0.0985. The van der Waals surface area contributed by atoms with Crippen LogP contribution in [0.4, 0.5) is 0 Å². The van der Waals surface area contributed by atoms with Crippen molar-refractivity contribution in [1.82, 2.24) is 20.3 Å². The highest BCUT2D eigenvalue weighted by Gasteiger charge is 2.00. The van der Waals surface area contributed by atoms with Crippen molar-refractivity contribution >= 4 is 5.91 Å². The number of aryl methyl sites for hydroxylation is 1. The second-order valence-electron chi connectivity index (χ2n) is 2.72. The molecule has 8 heteroatoms. The standard InChI is InChI=1S/C7H11N7O/c8-12-10-3-2-9-7(15)1-5-14-6-4-11-13-14/h4,6H,1-3,5H2,(H,9,15). The van der Waals surface area contributed by atoms with Crippen molar-refractivity contribution in [3.8, 4) is 0 Å². The lowest BCUT2D eigenvalue weighted by atomic mass is 10.4. The van der Waals surface area contributed by atoms with Crippen LogP contribution in [0.15, 0.2) is 17.5 Å². The Labute approximate surface area is 85.9 Å². The first kappa shape index (κ1) is 11.0. The summed E-state index contributed by atoms with van der Waals surface area (Å²) in [4.78, 5) is 13.8. The van der Waals surface area contributed by atoms with Crippen LogP contribution in [0.2, 0.25) is 0 Å². The zero-order valence-electron chi connectivity index (χ0n) is 8.07. The molecule has 0 fully saturated rings. The number of aromatic nitrogens is 3. The lowest BCUT2D eigenvalue weighted by molar-refractivity contribution is -0.121. The molecule has 1 rings (SSSR count). The largest absolute Gasteiger partial charge is 0.356 e. The van der Waals surface area contributed by atoms with Gasteiger partial charge in [0.05, 0.1) is 12.7 Å². The molecule has 0 radical (unpaired) electrons. The lowest BCUT2D eigenvalue weighted by Gasteiger charge is -2.02. The van der Waals surface area contributed by atoms with E-state index in [4.69, 9.17) is 5.53 Å². The molecule has 15 heavy (non-hydrogen) atoms. The van der Waals surface area contributed by atoms with E-state index in [1.165, 1.54) is 0 Å². The maximum absolute atomic E-state index is 11.2. The number of azide groups is 1. The number of nitrogens with one attached hydrogen (secondary N) is 1. The fraction of sp³-hybridized carbons (Fsp3) is 0.571. The number of hydrogen-bond donors (Lipinski definition) is 1. The Morgan fingerprint density at radius 1 is 1.67 bits per heavy atom. The van der Waals surface area contributed by atoms with Gasteiger partial charge in [0, 0.05) is 30.6 Å². The summed E-state index contributed by atoms with van der Waals surface area (Å²) in [5.41, 5.74) is 7.99. The molecular formula is C7H11N7O. The summed E-state index contributed by atoms with van der Waals surface area (Å²) in [6, 6.07) is 0. The first-order chi connectivity index (χ1) is 7.33. The van der Waals surface area contributed by atoms with Crippen molar-refractivity contribution in [2.24, 2.45) is 5.11 Å². The van der Waals surface area contributed by atoms with Crippen LogP contribution in [-0.2, 0) is 11.3 Å².